The molecule has 1 aliphatic heterocycles. The lowest BCUT2D eigenvalue weighted by Gasteiger charge is -2.28. The molecule has 1 fully saturated rings. The first kappa shape index (κ1) is 16.5. The molecule has 0 aliphatic carbocycles. The zero-order chi connectivity index (χ0) is 16.6. The van der Waals surface area contributed by atoms with Gasteiger partial charge in [-0.15, -0.1) is 0 Å². The number of carbonyl (C=O) groups is 1. The van der Waals surface area contributed by atoms with Crippen LogP contribution in [0.2, 0.25) is 0 Å². The minimum Gasteiger partial charge on any atom is -0.372 e. The topological polar surface area (TPSA) is 45.2 Å². The van der Waals surface area contributed by atoms with E-state index in [1.54, 1.807) is 12.4 Å². The van der Waals surface area contributed by atoms with E-state index in [1.807, 2.05) is 12.1 Å². The van der Waals surface area contributed by atoms with E-state index >= 15 is 0 Å². The molecule has 1 aromatic heterocycles. The molecule has 126 valence electrons. The van der Waals surface area contributed by atoms with E-state index in [2.05, 4.69) is 39.5 Å². The molecule has 24 heavy (non-hydrogen) atoms. The summed E-state index contributed by atoms with van der Waals surface area (Å²) in [5.74, 6) is 0.0897. The van der Waals surface area contributed by atoms with Gasteiger partial charge in [-0.25, -0.2) is 0 Å². The van der Waals surface area contributed by atoms with E-state index in [0.29, 0.717) is 13.0 Å². The predicted octanol–water partition coefficient (Wildman–Crippen LogP) is 3.32. The standard InChI is InChI=1S/C20H25N3O/c24-20(22-16-18-10-12-21-13-11-18)9-6-17-4-7-19(8-5-17)23-14-2-1-3-15-23/h4-5,7-8,10-13H,1-3,6,9,14-16H2,(H,22,24). The van der Waals surface area contributed by atoms with Crippen molar-refractivity contribution in [2.24, 2.45) is 0 Å². The van der Waals surface area contributed by atoms with Crippen molar-refractivity contribution in [1.82, 2.24) is 10.3 Å². The van der Waals surface area contributed by atoms with Crippen LogP contribution in [-0.2, 0) is 17.8 Å². The second kappa shape index (κ2) is 8.48. The highest BCUT2D eigenvalue weighted by molar-refractivity contribution is 5.76. The highest BCUT2D eigenvalue weighted by atomic mass is 16.1. The average Bonchev–Trinajstić information content (AvgIpc) is 2.67. The van der Waals surface area contributed by atoms with Gasteiger partial charge in [0.05, 0.1) is 0 Å². The summed E-state index contributed by atoms with van der Waals surface area (Å²) in [7, 11) is 0. The number of hydrogen-bond acceptors (Lipinski definition) is 3. The van der Waals surface area contributed by atoms with Crippen molar-refractivity contribution < 1.29 is 4.79 Å². The fourth-order valence-electron chi connectivity index (χ4n) is 3.07. The fourth-order valence-corrected chi connectivity index (χ4v) is 3.07. The van der Waals surface area contributed by atoms with Crippen LogP contribution in [0, 0.1) is 0 Å². The van der Waals surface area contributed by atoms with Gasteiger partial charge in [0.2, 0.25) is 5.91 Å². The van der Waals surface area contributed by atoms with Gasteiger partial charge in [0.25, 0.3) is 0 Å². The van der Waals surface area contributed by atoms with Crippen molar-refractivity contribution in [1.29, 1.82) is 0 Å². The molecular weight excluding hydrogens is 298 g/mol. The molecule has 0 atom stereocenters. The van der Waals surface area contributed by atoms with Crippen LogP contribution < -0.4 is 10.2 Å². The third-order valence-corrected chi connectivity index (χ3v) is 4.54. The summed E-state index contributed by atoms with van der Waals surface area (Å²) in [6.07, 6.45) is 8.72. The molecule has 3 rings (SSSR count). The monoisotopic (exact) mass is 323 g/mol. The van der Waals surface area contributed by atoms with Crippen LogP contribution in [0.25, 0.3) is 0 Å². The van der Waals surface area contributed by atoms with Gasteiger partial charge >= 0.3 is 0 Å². The molecule has 4 nitrogen and oxygen atoms in total. The molecule has 1 aromatic carbocycles. The van der Waals surface area contributed by atoms with Crippen LogP contribution in [-0.4, -0.2) is 24.0 Å². The van der Waals surface area contributed by atoms with Crippen molar-refractivity contribution in [3.05, 3.63) is 59.9 Å². The van der Waals surface area contributed by atoms with Crippen molar-refractivity contribution >= 4 is 11.6 Å². The summed E-state index contributed by atoms with van der Waals surface area (Å²) in [6.45, 7) is 2.89. The van der Waals surface area contributed by atoms with Gasteiger partial charge in [0.15, 0.2) is 0 Å². The second-order valence-corrected chi connectivity index (χ2v) is 6.35. The SMILES string of the molecule is O=C(CCc1ccc(N2CCCCC2)cc1)NCc1ccncc1. The zero-order valence-electron chi connectivity index (χ0n) is 14.1. The number of amides is 1. The minimum atomic E-state index is 0.0897. The molecule has 1 saturated heterocycles. The van der Waals surface area contributed by atoms with Gasteiger partial charge in [-0.3, -0.25) is 9.78 Å². The Balaban J connectivity index is 1.43. The number of carbonyl (C=O) groups excluding carboxylic acids is 1. The Morgan fingerprint density at radius 3 is 2.38 bits per heavy atom. The maximum Gasteiger partial charge on any atom is 0.220 e. The summed E-state index contributed by atoms with van der Waals surface area (Å²) in [4.78, 5) is 18.4. The van der Waals surface area contributed by atoms with E-state index in [0.717, 1.165) is 25.1 Å². The molecular formula is C20H25N3O. The van der Waals surface area contributed by atoms with E-state index in [1.165, 1.54) is 30.5 Å². The number of aromatic nitrogens is 1. The molecule has 0 radical (unpaired) electrons. The van der Waals surface area contributed by atoms with Crippen molar-refractivity contribution in [3.63, 3.8) is 0 Å². The molecule has 1 aliphatic rings. The Morgan fingerprint density at radius 2 is 1.67 bits per heavy atom. The van der Waals surface area contributed by atoms with Crippen molar-refractivity contribution in [2.75, 3.05) is 18.0 Å². The Morgan fingerprint density at radius 1 is 0.958 bits per heavy atom. The largest absolute Gasteiger partial charge is 0.372 e. The number of piperidine rings is 1. The number of benzene rings is 1. The van der Waals surface area contributed by atoms with Crippen LogP contribution in [0.1, 0.15) is 36.8 Å². The lowest BCUT2D eigenvalue weighted by Crippen LogP contribution is -2.29. The zero-order valence-corrected chi connectivity index (χ0v) is 14.1. The molecule has 0 bridgehead atoms. The molecule has 2 heterocycles. The number of nitrogens with one attached hydrogen (secondary N) is 1. The van der Waals surface area contributed by atoms with Crippen molar-refractivity contribution in [3.8, 4) is 0 Å². The van der Waals surface area contributed by atoms with Crippen LogP contribution in [0.5, 0.6) is 0 Å². The predicted molar refractivity (Wildman–Crippen MR) is 96.9 cm³/mol. The number of anilines is 1. The van der Waals surface area contributed by atoms with Crippen LogP contribution in [0.4, 0.5) is 5.69 Å². The van der Waals surface area contributed by atoms with E-state index in [-0.39, 0.29) is 5.91 Å². The van der Waals surface area contributed by atoms with E-state index in [4.69, 9.17) is 0 Å². The molecule has 0 spiro atoms. The normalized spacial score (nSPS) is 14.4. The smallest absolute Gasteiger partial charge is 0.220 e. The summed E-state index contributed by atoms with van der Waals surface area (Å²) < 4.78 is 0. The molecule has 4 heteroatoms. The number of aryl methyl sites for hydroxylation is 1. The Bertz CT molecular complexity index is 634. The van der Waals surface area contributed by atoms with Gasteiger partial charge < -0.3 is 10.2 Å². The first-order valence-corrected chi connectivity index (χ1v) is 8.81. The summed E-state index contributed by atoms with van der Waals surface area (Å²) in [6, 6.07) is 12.5. The van der Waals surface area contributed by atoms with Gasteiger partial charge in [-0.1, -0.05) is 12.1 Å². The van der Waals surface area contributed by atoms with Gasteiger partial charge in [-0.05, 0) is 61.1 Å². The Labute approximate surface area is 143 Å². The maximum atomic E-state index is 12.0. The molecule has 2 aromatic rings. The highest BCUT2D eigenvalue weighted by Gasteiger charge is 2.10. The fraction of sp³-hybridized carbons (Fsp3) is 0.400. The first-order valence-electron chi connectivity index (χ1n) is 8.81. The number of nitrogens with zero attached hydrogens (tertiary/aromatic N) is 2. The lowest BCUT2D eigenvalue weighted by atomic mass is 10.1. The third-order valence-electron chi connectivity index (χ3n) is 4.54. The quantitative estimate of drug-likeness (QED) is 0.887. The van der Waals surface area contributed by atoms with E-state index < -0.39 is 0 Å². The minimum absolute atomic E-state index is 0.0897. The van der Waals surface area contributed by atoms with Gasteiger partial charge in [-0.2, -0.15) is 0 Å². The number of pyridine rings is 1. The summed E-state index contributed by atoms with van der Waals surface area (Å²) in [5.41, 5.74) is 3.60. The van der Waals surface area contributed by atoms with E-state index in [9.17, 15) is 4.79 Å². The summed E-state index contributed by atoms with van der Waals surface area (Å²) >= 11 is 0. The highest BCUT2D eigenvalue weighted by Crippen LogP contribution is 2.20. The molecule has 0 unspecified atom stereocenters. The van der Waals surface area contributed by atoms with Crippen molar-refractivity contribution in [2.45, 2.75) is 38.6 Å². The van der Waals surface area contributed by atoms with Gasteiger partial charge in [0.1, 0.15) is 0 Å². The first-order chi connectivity index (χ1) is 11.8. The Kier molecular flexibility index (Phi) is 5.83. The number of rotatable bonds is 6. The lowest BCUT2D eigenvalue weighted by molar-refractivity contribution is -0.121. The molecule has 0 saturated carbocycles. The van der Waals surface area contributed by atoms with Gasteiger partial charge in [0, 0.05) is 44.1 Å². The van der Waals surface area contributed by atoms with Crippen LogP contribution in [0.3, 0.4) is 0 Å². The molecule has 1 N–H and O–H groups in total. The number of hydrogen-bond donors (Lipinski definition) is 1. The molecule has 1 amide bonds. The average molecular weight is 323 g/mol. The second-order valence-electron chi connectivity index (χ2n) is 6.35. The third kappa shape index (κ3) is 4.82. The van der Waals surface area contributed by atoms with Crippen LogP contribution >= 0.6 is 0 Å². The summed E-state index contributed by atoms with van der Waals surface area (Å²) in [5, 5.41) is 2.96. The Hall–Kier alpha value is -2.36. The van der Waals surface area contributed by atoms with Crippen LogP contribution in [0.15, 0.2) is 48.8 Å². The maximum absolute atomic E-state index is 12.0.